The maximum absolute atomic E-state index is 5.90. The number of hydrogen-bond donors (Lipinski definition) is 0. The van der Waals surface area contributed by atoms with Gasteiger partial charge in [0.2, 0.25) is 0 Å². The topological polar surface area (TPSA) is 18.5 Å². The highest BCUT2D eigenvalue weighted by Crippen LogP contribution is 2.41. The molecule has 1 aliphatic rings. The van der Waals surface area contributed by atoms with Crippen LogP contribution >= 0.6 is 11.6 Å². The van der Waals surface area contributed by atoms with Crippen molar-refractivity contribution < 1.29 is 9.47 Å². The lowest BCUT2D eigenvalue weighted by Gasteiger charge is -2.18. The van der Waals surface area contributed by atoms with Crippen LogP contribution in [0.4, 0.5) is 0 Å². The summed E-state index contributed by atoms with van der Waals surface area (Å²) in [5.74, 6) is 2.06. The van der Waals surface area contributed by atoms with Gasteiger partial charge in [0, 0.05) is 17.9 Å². The predicted octanol–water partition coefficient (Wildman–Crippen LogP) is 3.57. The van der Waals surface area contributed by atoms with Crippen LogP contribution in [0.5, 0.6) is 11.5 Å². The van der Waals surface area contributed by atoms with Crippen molar-refractivity contribution in [3.63, 3.8) is 0 Å². The van der Waals surface area contributed by atoms with Gasteiger partial charge in [0.15, 0.2) is 11.5 Å². The molecule has 0 N–H and O–H groups in total. The molecule has 1 aromatic carbocycles. The van der Waals surface area contributed by atoms with Crippen LogP contribution in [0.3, 0.4) is 0 Å². The summed E-state index contributed by atoms with van der Waals surface area (Å²) in [4.78, 5) is 0. The maximum atomic E-state index is 5.90. The third kappa shape index (κ3) is 2.75. The average molecular weight is 253 g/mol. The molecule has 17 heavy (non-hydrogen) atoms. The Balaban J connectivity index is 2.16. The van der Waals surface area contributed by atoms with Crippen molar-refractivity contribution in [3.05, 3.63) is 35.9 Å². The molecule has 0 unspecified atom stereocenters. The zero-order valence-electron chi connectivity index (χ0n) is 10.3. The first-order valence-corrected chi connectivity index (χ1v) is 6.21. The Kier molecular flexibility index (Phi) is 3.34. The van der Waals surface area contributed by atoms with Gasteiger partial charge in [-0.05, 0) is 25.5 Å². The van der Waals surface area contributed by atoms with Gasteiger partial charge in [0.25, 0.3) is 0 Å². The molecule has 3 heteroatoms. The second-order valence-corrected chi connectivity index (χ2v) is 5.22. The third-order valence-corrected chi connectivity index (χ3v) is 3.05. The van der Waals surface area contributed by atoms with E-state index >= 15 is 0 Å². The second-order valence-electron chi connectivity index (χ2n) is 4.96. The van der Waals surface area contributed by atoms with Crippen molar-refractivity contribution in [2.75, 3.05) is 12.5 Å². The molecule has 92 valence electrons. The van der Waals surface area contributed by atoms with Crippen LogP contribution in [0.25, 0.3) is 0 Å². The fraction of sp³-hybridized carbons (Fsp3) is 0.429. The lowest BCUT2D eigenvalue weighted by atomic mass is 10.0. The number of alkyl halides is 1. The van der Waals surface area contributed by atoms with Crippen LogP contribution < -0.4 is 9.47 Å². The summed E-state index contributed by atoms with van der Waals surface area (Å²) in [6.07, 6.45) is 0.913. The monoisotopic (exact) mass is 252 g/mol. The molecule has 0 saturated heterocycles. The van der Waals surface area contributed by atoms with Crippen molar-refractivity contribution in [1.29, 1.82) is 0 Å². The molecule has 2 nitrogen and oxygen atoms in total. The van der Waals surface area contributed by atoms with Crippen LogP contribution in [0, 0.1) is 0 Å². The van der Waals surface area contributed by atoms with Gasteiger partial charge >= 0.3 is 0 Å². The third-order valence-electron chi connectivity index (χ3n) is 2.68. The summed E-state index contributed by atoms with van der Waals surface area (Å²) < 4.78 is 11.6. The molecule has 1 aliphatic heterocycles. The largest absolute Gasteiger partial charge is 0.485 e. The van der Waals surface area contributed by atoms with Gasteiger partial charge < -0.3 is 9.47 Å². The van der Waals surface area contributed by atoms with E-state index in [1.807, 2.05) is 12.1 Å². The number of halogens is 1. The number of rotatable bonds is 4. The van der Waals surface area contributed by atoms with Crippen LogP contribution in [0.15, 0.2) is 30.4 Å². The molecule has 0 bridgehead atoms. The minimum absolute atomic E-state index is 0.148. The van der Waals surface area contributed by atoms with Gasteiger partial charge in [-0.1, -0.05) is 18.7 Å². The van der Waals surface area contributed by atoms with Gasteiger partial charge in [-0.25, -0.2) is 0 Å². The highest BCUT2D eigenvalue weighted by Gasteiger charge is 2.32. The highest BCUT2D eigenvalue weighted by atomic mass is 35.5. The van der Waals surface area contributed by atoms with E-state index in [1.54, 1.807) is 0 Å². The lowest BCUT2D eigenvalue weighted by Crippen LogP contribution is -2.24. The molecule has 1 heterocycles. The van der Waals surface area contributed by atoms with E-state index in [2.05, 4.69) is 26.5 Å². The van der Waals surface area contributed by atoms with Crippen molar-refractivity contribution in [2.45, 2.75) is 25.9 Å². The van der Waals surface area contributed by atoms with Crippen molar-refractivity contribution >= 4 is 11.6 Å². The molecule has 0 radical (unpaired) electrons. The molecule has 0 spiro atoms. The van der Waals surface area contributed by atoms with Gasteiger partial charge in [-0.3, -0.25) is 0 Å². The van der Waals surface area contributed by atoms with Gasteiger partial charge in [0.1, 0.15) is 12.2 Å². The molecular weight excluding hydrogens is 236 g/mol. The minimum Gasteiger partial charge on any atom is -0.485 e. The molecule has 0 fully saturated rings. The zero-order chi connectivity index (χ0) is 12.5. The fourth-order valence-electron chi connectivity index (χ4n) is 1.92. The van der Waals surface area contributed by atoms with Crippen molar-refractivity contribution in [1.82, 2.24) is 0 Å². The van der Waals surface area contributed by atoms with Gasteiger partial charge in [0.05, 0.1) is 0 Å². The summed E-state index contributed by atoms with van der Waals surface area (Å²) in [5, 5.41) is 0. The highest BCUT2D eigenvalue weighted by molar-refractivity contribution is 6.19. The molecule has 0 saturated carbocycles. The Labute approximate surface area is 107 Å². The first kappa shape index (κ1) is 12.3. The molecular formula is C14H17ClO2. The fourth-order valence-corrected chi connectivity index (χ4v) is 2.00. The van der Waals surface area contributed by atoms with Crippen molar-refractivity contribution in [2.24, 2.45) is 0 Å². The zero-order valence-corrected chi connectivity index (χ0v) is 11.0. The Bertz CT molecular complexity index is 438. The van der Waals surface area contributed by atoms with Crippen LogP contribution in [-0.2, 0) is 6.42 Å². The van der Waals surface area contributed by atoms with E-state index in [0.29, 0.717) is 12.5 Å². The number of benzene rings is 1. The molecule has 0 atom stereocenters. The number of fused-ring (bicyclic) bond motifs is 1. The minimum atomic E-state index is -0.148. The summed E-state index contributed by atoms with van der Waals surface area (Å²) >= 11 is 5.67. The number of para-hydroxylation sites is 1. The van der Waals surface area contributed by atoms with Crippen molar-refractivity contribution in [3.8, 4) is 11.5 Å². The summed E-state index contributed by atoms with van der Waals surface area (Å²) in [6.45, 7) is 8.40. The van der Waals surface area contributed by atoms with E-state index in [1.165, 1.54) is 5.56 Å². The standard InChI is InChI=1S/C14H17ClO2/c1-10(8-15)9-16-12-6-4-5-11-7-14(2,3)17-13(11)12/h4-6H,1,7-9H2,2-3H3. The maximum Gasteiger partial charge on any atom is 0.165 e. The van der Waals surface area contributed by atoms with Crippen LogP contribution in [-0.4, -0.2) is 18.1 Å². The Morgan fingerprint density at radius 1 is 1.53 bits per heavy atom. The van der Waals surface area contributed by atoms with Gasteiger partial charge in [-0.2, -0.15) is 0 Å². The predicted molar refractivity (Wildman–Crippen MR) is 70.2 cm³/mol. The summed E-state index contributed by atoms with van der Waals surface area (Å²) in [6, 6.07) is 5.98. The molecule has 0 aromatic heterocycles. The second kappa shape index (κ2) is 4.61. The first-order chi connectivity index (χ1) is 8.02. The Hall–Kier alpha value is -1.15. The average Bonchev–Trinajstić information content (AvgIpc) is 2.60. The molecule has 2 rings (SSSR count). The molecule has 0 amide bonds. The molecule has 0 aliphatic carbocycles. The summed E-state index contributed by atoms with van der Waals surface area (Å²) in [7, 11) is 0. The molecule has 1 aromatic rings. The van der Waals surface area contributed by atoms with E-state index in [0.717, 1.165) is 23.5 Å². The van der Waals surface area contributed by atoms with Gasteiger partial charge in [-0.15, -0.1) is 11.6 Å². The van der Waals surface area contributed by atoms with Crippen LogP contribution in [0.1, 0.15) is 19.4 Å². The smallest absolute Gasteiger partial charge is 0.165 e. The van der Waals surface area contributed by atoms with Crippen LogP contribution in [0.2, 0.25) is 0 Å². The number of hydrogen-bond acceptors (Lipinski definition) is 2. The number of ether oxygens (including phenoxy) is 2. The summed E-state index contributed by atoms with van der Waals surface area (Å²) in [5.41, 5.74) is 1.91. The lowest BCUT2D eigenvalue weighted by molar-refractivity contribution is 0.133. The normalized spacial score (nSPS) is 16.2. The Morgan fingerprint density at radius 3 is 3.00 bits per heavy atom. The SMILES string of the molecule is C=C(CCl)COc1cccc2c1OC(C)(C)C2. The first-order valence-electron chi connectivity index (χ1n) is 5.68. The van der Waals surface area contributed by atoms with E-state index in [4.69, 9.17) is 21.1 Å². The van der Waals surface area contributed by atoms with E-state index in [-0.39, 0.29) is 5.60 Å². The Morgan fingerprint density at radius 2 is 2.29 bits per heavy atom. The van der Waals surface area contributed by atoms with E-state index in [9.17, 15) is 0 Å². The quantitative estimate of drug-likeness (QED) is 0.602. The van der Waals surface area contributed by atoms with E-state index < -0.39 is 0 Å².